The van der Waals surface area contributed by atoms with E-state index in [4.69, 9.17) is 18.9 Å². The van der Waals surface area contributed by atoms with E-state index in [2.05, 4.69) is 10.3 Å². The van der Waals surface area contributed by atoms with Gasteiger partial charge in [0, 0.05) is 11.1 Å². The lowest BCUT2D eigenvalue weighted by Gasteiger charge is -2.42. The Morgan fingerprint density at radius 3 is 2.81 bits per heavy atom. The maximum absolute atomic E-state index is 13.7. The predicted octanol–water partition coefficient (Wildman–Crippen LogP) is 3.20. The number of aromatic nitrogens is 3. The van der Waals surface area contributed by atoms with Crippen molar-refractivity contribution in [3.8, 4) is 11.3 Å². The zero-order valence-corrected chi connectivity index (χ0v) is 17.1. The number of hydrogen-bond acceptors (Lipinski definition) is 7. The van der Waals surface area contributed by atoms with Crippen molar-refractivity contribution < 1.29 is 28.1 Å². The summed E-state index contributed by atoms with van der Waals surface area (Å²) in [4.78, 5) is 12.2. The number of rotatable bonds is 4. The standard InChI is InChI=1S/C23H20FN3O5/c1-29-22(28)19-11-18(27-12-17(25-26-27)15-8-5-9-16(24)10-15)21-20(31-19)13-30-23(32-21)14-6-3-2-4-7-14/h2-12,18,20-21,23H,13H2,1H3/t18-,20-,21-,23+/m1/s1. The van der Waals surface area contributed by atoms with Gasteiger partial charge >= 0.3 is 5.97 Å². The van der Waals surface area contributed by atoms with E-state index in [1.165, 1.54) is 19.2 Å². The fourth-order valence-electron chi connectivity index (χ4n) is 3.83. The molecule has 0 amide bonds. The molecule has 0 N–H and O–H groups in total. The Labute approximate surface area is 183 Å². The highest BCUT2D eigenvalue weighted by Gasteiger charge is 2.44. The lowest BCUT2D eigenvalue weighted by Crippen LogP contribution is -2.49. The van der Waals surface area contributed by atoms with E-state index >= 15 is 0 Å². The maximum Gasteiger partial charge on any atom is 0.373 e. The number of hydrogen-bond donors (Lipinski definition) is 0. The van der Waals surface area contributed by atoms with Gasteiger partial charge in [0.15, 0.2) is 12.4 Å². The average Bonchev–Trinajstić information content (AvgIpc) is 3.33. The number of nitrogens with zero attached hydrogens (tertiary/aromatic N) is 3. The molecule has 0 unspecified atom stereocenters. The molecule has 3 heterocycles. The molecule has 1 saturated heterocycles. The van der Waals surface area contributed by atoms with Gasteiger partial charge in [-0.3, -0.25) is 0 Å². The van der Waals surface area contributed by atoms with E-state index in [0.29, 0.717) is 11.3 Å². The molecule has 0 radical (unpaired) electrons. The number of ether oxygens (including phenoxy) is 4. The van der Waals surface area contributed by atoms with Crippen LogP contribution in [0, 0.1) is 5.82 Å². The highest BCUT2D eigenvalue weighted by Crippen LogP contribution is 2.38. The summed E-state index contributed by atoms with van der Waals surface area (Å²) in [6.45, 7) is 0.209. The first-order valence-corrected chi connectivity index (χ1v) is 10.1. The number of halogens is 1. The fourth-order valence-corrected chi connectivity index (χ4v) is 3.83. The summed E-state index contributed by atoms with van der Waals surface area (Å²) in [5.41, 5.74) is 1.95. The highest BCUT2D eigenvalue weighted by atomic mass is 19.1. The van der Waals surface area contributed by atoms with Crippen molar-refractivity contribution in [2.24, 2.45) is 0 Å². The van der Waals surface area contributed by atoms with Gasteiger partial charge in [0.2, 0.25) is 5.76 Å². The van der Waals surface area contributed by atoms with E-state index in [1.807, 2.05) is 30.3 Å². The monoisotopic (exact) mass is 437 g/mol. The summed E-state index contributed by atoms with van der Waals surface area (Å²) < 4.78 is 38.0. The molecule has 1 fully saturated rings. The van der Waals surface area contributed by atoms with Gasteiger partial charge in [-0.05, 0) is 18.2 Å². The van der Waals surface area contributed by atoms with E-state index < -0.39 is 30.5 Å². The number of fused-ring (bicyclic) bond motifs is 1. The Hall–Kier alpha value is -3.56. The van der Waals surface area contributed by atoms with Crippen LogP contribution in [0.1, 0.15) is 17.9 Å². The smallest absolute Gasteiger partial charge is 0.373 e. The van der Waals surface area contributed by atoms with Gasteiger partial charge in [0.25, 0.3) is 0 Å². The Morgan fingerprint density at radius 1 is 1.19 bits per heavy atom. The molecule has 0 saturated carbocycles. The van der Waals surface area contributed by atoms with Crippen molar-refractivity contribution in [3.63, 3.8) is 0 Å². The predicted molar refractivity (Wildman–Crippen MR) is 109 cm³/mol. The zero-order valence-electron chi connectivity index (χ0n) is 17.1. The van der Waals surface area contributed by atoms with Crippen LogP contribution in [0.2, 0.25) is 0 Å². The third kappa shape index (κ3) is 3.88. The van der Waals surface area contributed by atoms with Gasteiger partial charge in [-0.1, -0.05) is 47.7 Å². The molecule has 0 spiro atoms. The normalized spacial score (nSPS) is 24.8. The van der Waals surface area contributed by atoms with Gasteiger partial charge in [-0.2, -0.15) is 0 Å². The van der Waals surface area contributed by atoms with Crippen LogP contribution in [0.25, 0.3) is 11.3 Å². The lowest BCUT2D eigenvalue weighted by molar-refractivity contribution is -0.271. The van der Waals surface area contributed by atoms with Crippen LogP contribution in [0.5, 0.6) is 0 Å². The van der Waals surface area contributed by atoms with Crippen LogP contribution in [-0.2, 0) is 23.7 Å². The molecule has 1 aromatic heterocycles. The van der Waals surface area contributed by atoms with Gasteiger partial charge in [-0.25, -0.2) is 13.9 Å². The van der Waals surface area contributed by atoms with Crippen LogP contribution in [0.15, 0.2) is 72.6 Å². The molecule has 8 nitrogen and oxygen atoms in total. The largest absolute Gasteiger partial charge is 0.478 e. The molecule has 2 aromatic carbocycles. The van der Waals surface area contributed by atoms with Crippen LogP contribution >= 0.6 is 0 Å². The van der Waals surface area contributed by atoms with Crippen molar-refractivity contribution in [1.29, 1.82) is 0 Å². The summed E-state index contributed by atoms with van der Waals surface area (Å²) in [6, 6.07) is 15.1. The second-order valence-corrected chi connectivity index (χ2v) is 7.44. The quantitative estimate of drug-likeness (QED) is 0.580. The van der Waals surface area contributed by atoms with Crippen molar-refractivity contribution >= 4 is 5.97 Å². The minimum absolute atomic E-state index is 0.0481. The molecule has 0 aliphatic carbocycles. The lowest BCUT2D eigenvalue weighted by atomic mass is 10.00. The van der Waals surface area contributed by atoms with Gasteiger partial charge < -0.3 is 18.9 Å². The minimum atomic E-state index is -0.607. The Kier molecular flexibility index (Phi) is 5.42. The Morgan fingerprint density at radius 2 is 2.03 bits per heavy atom. The summed E-state index contributed by atoms with van der Waals surface area (Å²) in [5.74, 6) is -0.925. The van der Waals surface area contributed by atoms with Gasteiger partial charge in [0.05, 0.1) is 19.9 Å². The summed E-state index contributed by atoms with van der Waals surface area (Å²) in [7, 11) is 1.28. The molecular formula is C23H20FN3O5. The van der Waals surface area contributed by atoms with Gasteiger partial charge in [0.1, 0.15) is 23.7 Å². The van der Waals surface area contributed by atoms with E-state index in [1.54, 1.807) is 29.1 Å². The van der Waals surface area contributed by atoms with E-state index in [0.717, 1.165) is 5.56 Å². The first kappa shape index (κ1) is 20.3. The van der Waals surface area contributed by atoms with E-state index in [-0.39, 0.29) is 18.2 Å². The van der Waals surface area contributed by atoms with Crippen molar-refractivity contribution in [1.82, 2.24) is 15.0 Å². The Balaban J connectivity index is 1.49. The van der Waals surface area contributed by atoms with Gasteiger partial charge in [-0.15, -0.1) is 5.10 Å². The highest BCUT2D eigenvalue weighted by molar-refractivity contribution is 5.86. The summed E-state index contributed by atoms with van der Waals surface area (Å²) >= 11 is 0. The number of methoxy groups -OCH3 is 1. The van der Waals surface area contributed by atoms with E-state index in [9.17, 15) is 9.18 Å². The molecular weight excluding hydrogens is 417 g/mol. The van der Waals surface area contributed by atoms with Crippen molar-refractivity contribution in [3.05, 3.63) is 84.0 Å². The SMILES string of the molecule is COC(=O)C1=C[C@@H](n2cc(-c3cccc(F)c3)nn2)[C@H]2O[C@@H](c3ccccc3)OC[C@H]2O1. The van der Waals surface area contributed by atoms with Crippen LogP contribution in [-0.4, -0.2) is 46.9 Å². The zero-order chi connectivity index (χ0) is 22.1. The summed E-state index contributed by atoms with van der Waals surface area (Å²) in [6.07, 6.45) is 1.63. The van der Waals surface area contributed by atoms with Crippen LogP contribution < -0.4 is 0 Å². The first-order valence-electron chi connectivity index (χ1n) is 10.1. The fraction of sp³-hybridized carbons (Fsp3) is 0.261. The summed E-state index contributed by atoms with van der Waals surface area (Å²) in [5, 5.41) is 8.41. The topological polar surface area (TPSA) is 84.7 Å². The first-order chi connectivity index (χ1) is 15.6. The third-order valence-corrected chi connectivity index (χ3v) is 5.39. The third-order valence-electron chi connectivity index (χ3n) is 5.39. The maximum atomic E-state index is 13.7. The molecule has 0 bridgehead atoms. The second-order valence-electron chi connectivity index (χ2n) is 7.44. The van der Waals surface area contributed by atoms with Crippen molar-refractivity contribution in [2.75, 3.05) is 13.7 Å². The molecule has 2 aliphatic heterocycles. The molecule has 5 rings (SSSR count). The number of carbonyl (C=O) groups excluding carboxylic acids is 1. The molecule has 9 heteroatoms. The van der Waals surface area contributed by atoms with Crippen LogP contribution in [0.3, 0.4) is 0 Å². The molecule has 4 atom stereocenters. The number of benzene rings is 2. The average molecular weight is 437 g/mol. The molecule has 3 aromatic rings. The second kappa shape index (κ2) is 8.52. The molecule has 2 aliphatic rings. The number of esters is 1. The van der Waals surface area contributed by atoms with Crippen molar-refractivity contribution in [2.45, 2.75) is 24.5 Å². The Bertz CT molecular complexity index is 1150. The number of carbonyl (C=O) groups is 1. The van der Waals surface area contributed by atoms with Crippen LogP contribution in [0.4, 0.5) is 4.39 Å². The minimum Gasteiger partial charge on any atom is -0.478 e. The molecule has 32 heavy (non-hydrogen) atoms. The molecule has 164 valence electrons.